The van der Waals surface area contributed by atoms with E-state index in [9.17, 15) is 18.3 Å². The molecule has 2 N–H and O–H groups in total. The predicted molar refractivity (Wildman–Crippen MR) is 95.2 cm³/mol. The molecule has 0 aliphatic carbocycles. The minimum absolute atomic E-state index is 0.0419. The third-order valence-corrected chi connectivity index (χ3v) is 6.09. The fourth-order valence-electron chi connectivity index (χ4n) is 2.82. The molecule has 0 unspecified atom stereocenters. The van der Waals surface area contributed by atoms with Crippen molar-refractivity contribution < 1.29 is 18.3 Å². The number of aromatic hydroxyl groups is 1. The van der Waals surface area contributed by atoms with Crippen molar-refractivity contribution in [3.05, 3.63) is 53.6 Å². The van der Waals surface area contributed by atoms with Crippen molar-refractivity contribution in [1.29, 1.82) is 0 Å². The van der Waals surface area contributed by atoms with Gasteiger partial charge in [0.05, 0.1) is 10.6 Å². The molecule has 132 valence electrons. The summed E-state index contributed by atoms with van der Waals surface area (Å²) in [7, 11) is -3.58. The van der Waals surface area contributed by atoms with Crippen LogP contribution in [-0.4, -0.2) is 36.8 Å². The van der Waals surface area contributed by atoms with E-state index in [1.807, 2.05) is 6.92 Å². The fraction of sp³-hybridized carbons (Fsp3) is 0.278. The number of sulfonamides is 1. The van der Waals surface area contributed by atoms with E-state index in [0.29, 0.717) is 13.1 Å². The average molecular weight is 360 g/mol. The Kier molecular flexibility index (Phi) is 4.78. The molecule has 1 amide bonds. The van der Waals surface area contributed by atoms with E-state index in [4.69, 9.17) is 0 Å². The first-order valence-electron chi connectivity index (χ1n) is 8.09. The molecule has 2 aromatic carbocycles. The van der Waals surface area contributed by atoms with Crippen LogP contribution < -0.4 is 5.32 Å². The lowest BCUT2D eigenvalue weighted by atomic mass is 10.1. The minimum Gasteiger partial charge on any atom is -0.506 e. The van der Waals surface area contributed by atoms with Gasteiger partial charge in [-0.3, -0.25) is 4.79 Å². The van der Waals surface area contributed by atoms with Crippen LogP contribution in [0.4, 0.5) is 5.69 Å². The monoisotopic (exact) mass is 360 g/mol. The van der Waals surface area contributed by atoms with Crippen LogP contribution in [0.3, 0.4) is 0 Å². The molecule has 2 aromatic rings. The van der Waals surface area contributed by atoms with Gasteiger partial charge in [0, 0.05) is 18.7 Å². The van der Waals surface area contributed by atoms with E-state index in [-0.39, 0.29) is 21.9 Å². The Hall–Kier alpha value is -2.38. The van der Waals surface area contributed by atoms with E-state index in [2.05, 4.69) is 5.32 Å². The zero-order valence-corrected chi connectivity index (χ0v) is 14.7. The number of aryl methyl sites for hydroxylation is 1. The third-order valence-electron chi connectivity index (χ3n) is 4.20. The first-order chi connectivity index (χ1) is 11.9. The lowest BCUT2D eigenvalue weighted by Gasteiger charge is -2.16. The van der Waals surface area contributed by atoms with Crippen molar-refractivity contribution >= 4 is 21.6 Å². The molecule has 3 rings (SSSR count). The smallest absolute Gasteiger partial charge is 0.255 e. The van der Waals surface area contributed by atoms with Crippen molar-refractivity contribution in [2.75, 3.05) is 18.4 Å². The number of anilines is 1. The lowest BCUT2D eigenvalue weighted by molar-refractivity contribution is 0.102. The molecule has 1 aliphatic heterocycles. The van der Waals surface area contributed by atoms with Gasteiger partial charge in [-0.05, 0) is 55.7 Å². The van der Waals surface area contributed by atoms with Gasteiger partial charge in [0.2, 0.25) is 10.0 Å². The predicted octanol–water partition coefficient (Wildman–Crippen LogP) is 2.74. The van der Waals surface area contributed by atoms with Crippen LogP contribution in [0.15, 0.2) is 47.4 Å². The second-order valence-corrected chi connectivity index (χ2v) is 8.05. The van der Waals surface area contributed by atoms with Crippen LogP contribution >= 0.6 is 0 Å². The summed E-state index contributed by atoms with van der Waals surface area (Å²) in [6.45, 7) is 2.87. The molecular formula is C18H20N2O4S. The normalized spacial score (nSPS) is 15.2. The Morgan fingerprint density at radius 1 is 1.12 bits per heavy atom. The maximum atomic E-state index is 12.6. The standard InChI is InChI=1S/C18H20N2O4S/c1-13-7-8-17(21)16(11-13)19-18(22)14-5-4-6-15(12-14)25(23,24)20-9-2-3-10-20/h4-8,11-12,21H,2-3,9-10H2,1H3,(H,19,22). The Morgan fingerprint density at radius 2 is 1.84 bits per heavy atom. The first-order valence-corrected chi connectivity index (χ1v) is 9.53. The van der Waals surface area contributed by atoms with E-state index >= 15 is 0 Å². The molecule has 0 aromatic heterocycles. The molecule has 1 heterocycles. The number of amides is 1. The number of hydrogen-bond donors (Lipinski definition) is 2. The van der Waals surface area contributed by atoms with Gasteiger partial charge in [-0.25, -0.2) is 8.42 Å². The van der Waals surface area contributed by atoms with E-state index in [1.54, 1.807) is 24.3 Å². The molecular weight excluding hydrogens is 340 g/mol. The van der Waals surface area contributed by atoms with Gasteiger partial charge in [-0.1, -0.05) is 12.1 Å². The highest BCUT2D eigenvalue weighted by molar-refractivity contribution is 7.89. The van der Waals surface area contributed by atoms with Gasteiger partial charge in [0.1, 0.15) is 5.75 Å². The summed E-state index contributed by atoms with van der Waals surface area (Å²) in [6.07, 6.45) is 1.71. The highest BCUT2D eigenvalue weighted by Crippen LogP contribution is 2.25. The number of phenolic OH excluding ortho intramolecular Hbond substituents is 1. The number of carbonyl (C=O) groups is 1. The molecule has 25 heavy (non-hydrogen) atoms. The van der Waals surface area contributed by atoms with Crippen LogP contribution in [0.2, 0.25) is 0 Å². The quantitative estimate of drug-likeness (QED) is 0.821. The molecule has 7 heteroatoms. The highest BCUT2D eigenvalue weighted by Gasteiger charge is 2.27. The summed E-state index contributed by atoms with van der Waals surface area (Å²) < 4.78 is 26.7. The zero-order valence-electron chi connectivity index (χ0n) is 13.9. The molecule has 0 atom stereocenters. The van der Waals surface area contributed by atoms with E-state index in [1.165, 1.54) is 22.5 Å². The minimum atomic E-state index is -3.58. The number of nitrogens with zero attached hydrogens (tertiary/aromatic N) is 1. The molecule has 0 saturated carbocycles. The maximum absolute atomic E-state index is 12.6. The first kappa shape index (κ1) is 17.4. The number of phenols is 1. The van der Waals surface area contributed by atoms with E-state index < -0.39 is 15.9 Å². The van der Waals surface area contributed by atoms with Gasteiger partial charge < -0.3 is 10.4 Å². The maximum Gasteiger partial charge on any atom is 0.255 e. The number of benzene rings is 2. The van der Waals surface area contributed by atoms with Gasteiger partial charge >= 0.3 is 0 Å². The SMILES string of the molecule is Cc1ccc(O)c(NC(=O)c2cccc(S(=O)(=O)N3CCCC3)c2)c1. The Morgan fingerprint density at radius 3 is 2.56 bits per heavy atom. The second-order valence-electron chi connectivity index (χ2n) is 6.11. The summed E-state index contributed by atoms with van der Waals surface area (Å²) in [5.41, 5.74) is 1.40. The van der Waals surface area contributed by atoms with Crippen molar-refractivity contribution in [3.63, 3.8) is 0 Å². The van der Waals surface area contributed by atoms with Crippen molar-refractivity contribution in [1.82, 2.24) is 4.31 Å². The third kappa shape index (κ3) is 3.67. The summed E-state index contributed by atoms with van der Waals surface area (Å²) in [5, 5.41) is 12.5. The van der Waals surface area contributed by atoms with Crippen LogP contribution in [0.1, 0.15) is 28.8 Å². The van der Waals surface area contributed by atoms with Crippen molar-refractivity contribution in [2.45, 2.75) is 24.7 Å². The Labute approximate surface area is 147 Å². The molecule has 0 radical (unpaired) electrons. The fourth-order valence-corrected chi connectivity index (χ4v) is 4.38. The van der Waals surface area contributed by atoms with Crippen molar-refractivity contribution in [2.24, 2.45) is 0 Å². The topological polar surface area (TPSA) is 86.7 Å². The lowest BCUT2D eigenvalue weighted by Crippen LogP contribution is -2.28. The average Bonchev–Trinajstić information content (AvgIpc) is 3.13. The van der Waals surface area contributed by atoms with Gasteiger partial charge in [0.25, 0.3) is 5.91 Å². The molecule has 6 nitrogen and oxygen atoms in total. The summed E-state index contributed by atoms with van der Waals surface area (Å²) in [6, 6.07) is 10.8. The Bertz CT molecular complexity index is 903. The van der Waals surface area contributed by atoms with E-state index in [0.717, 1.165) is 18.4 Å². The highest BCUT2D eigenvalue weighted by atomic mass is 32.2. The Balaban J connectivity index is 1.86. The second kappa shape index (κ2) is 6.85. The zero-order chi connectivity index (χ0) is 18.0. The molecule has 1 saturated heterocycles. The number of rotatable bonds is 4. The summed E-state index contributed by atoms with van der Waals surface area (Å²) >= 11 is 0. The van der Waals surface area contributed by atoms with Gasteiger partial charge in [0.15, 0.2) is 0 Å². The number of nitrogens with one attached hydrogen (secondary N) is 1. The molecule has 1 fully saturated rings. The van der Waals surface area contributed by atoms with Crippen molar-refractivity contribution in [3.8, 4) is 5.75 Å². The van der Waals surface area contributed by atoms with Crippen LogP contribution in [-0.2, 0) is 10.0 Å². The number of carbonyl (C=O) groups excluding carboxylic acids is 1. The largest absolute Gasteiger partial charge is 0.506 e. The van der Waals surface area contributed by atoms with Crippen LogP contribution in [0, 0.1) is 6.92 Å². The molecule has 0 spiro atoms. The summed E-state index contributed by atoms with van der Waals surface area (Å²) in [4.78, 5) is 12.6. The number of hydrogen-bond acceptors (Lipinski definition) is 4. The van der Waals surface area contributed by atoms with Gasteiger partial charge in [-0.2, -0.15) is 4.31 Å². The van der Waals surface area contributed by atoms with Crippen LogP contribution in [0.25, 0.3) is 0 Å². The van der Waals surface area contributed by atoms with Crippen LogP contribution in [0.5, 0.6) is 5.75 Å². The molecule has 1 aliphatic rings. The summed E-state index contributed by atoms with van der Waals surface area (Å²) in [5.74, 6) is -0.515. The van der Waals surface area contributed by atoms with Gasteiger partial charge in [-0.15, -0.1) is 0 Å². The molecule has 0 bridgehead atoms.